The number of hydrogen-bond acceptors (Lipinski definition) is 2. The molecule has 3 rings (SSSR count). The Kier molecular flexibility index (Phi) is 5.95. The smallest absolute Gasteiger partial charge is 0.0771 e. The highest BCUT2D eigenvalue weighted by molar-refractivity contribution is 5.28. The molecule has 2 N–H and O–H groups in total. The number of hydrogen-bond donors (Lipinski definition) is 2. The summed E-state index contributed by atoms with van der Waals surface area (Å²) in [5.74, 6) is 0.252. The van der Waals surface area contributed by atoms with E-state index >= 15 is 0 Å². The van der Waals surface area contributed by atoms with Crippen LogP contribution in [0.25, 0.3) is 0 Å². The molecule has 2 aromatic carbocycles. The fourth-order valence-electron chi connectivity index (χ4n) is 4.70. The Morgan fingerprint density at radius 2 is 1.54 bits per heavy atom. The van der Waals surface area contributed by atoms with Gasteiger partial charge in [0.2, 0.25) is 0 Å². The minimum Gasteiger partial charge on any atom is -0.389 e. The maximum Gasteiger partial charge on any atom is 0.0771 e. The predicted molar refractivity (Wildman–Crippen MR) is 109 cm³/mol. The Hall–Kier alpha value is -1.90. The third-order valence-corrected chi connectivity index (χ3v) is 6.08. The van der Waals surface area contributed by atoms with Gasteiger partial charge >= 0.3 is 0 Å². The lowest BCUT2D eigenvalue weighted by atomic mass is 9.63. The van der Waals surface area contributed by atoms with Gasteiger partial charge in [-0.3, -0.25) is 0 Å². The number of benzene rings is 2. The van der Waals surface area contributed by atoms with Gasteiger partial charge in [0.15, 0.2) is 0 Å². The minimum atomic E-state index is -0.774. The van der Waals surface area contributed by atoms with Crippen molar-refractivity contribution in [2.75, 3.05) is 0 Å². The molecule has 2 nitrogen and oxygen atoms in total. The van der Waals surface area contributed by atoms with Gasteiger partial charge < -0.3 is 10.4 Å². The molecule has 0 spiro atoms. The summed E-state index contributed by atoms with van der Waals surface area (Å²) >= 11 is 0. The molecule has 0 amide bonds. The van der Waals surface area contributed by atoms with Crippen molar-refractivity contribution in [2.45, 2.75) is 50.8 Å². The van der Waals surface area contributed by atoms with Crippen molar-refractivity contribution in [1.82, 2.24) is 5.32 Å². The molecule has 0 unspecified atom stereocenters. The first-order valence-corrected chi connectivity index (χ1v) is 9.81. The van der Waals surface area contributed by atoms with Crippen LogP contribution < -0.4 is 5.32 Å². The van der Waals surface area contributed by atoms with Gasteiger partial charge in [-0.25, -0.2) is 0 Å². The van der Waals surface area contributed by atoms with E-state index in [1.165, 1.54) is 11.1 Å². The van der Waals surface area contributed by atoms with E-state index in [0.717, 1.165) is 12.8 Å². The van der Waals surface area contributed by atoms with Crippen LogP contribution in [0, 0.1) is 11.8 Å². The molecule has 138 valence electrons. The van der Waals surface area contributed by atoms with Crippen LogP contribution in [0.2, 0.25) is 0 Å². The summed E-state index contributed by atoms with van der Waals surface area (Å²) in [5, 5.41) is 15.8. The molecular weight excluding hydrogens is 318 g/mol. The van der Waals surface area contributed by atoms with Crippen molar-refractivity contribution < 1.29 is 5.11 Å². The summed E-state index contributed by atoms with van der Waals surface area (Å²) in [6.07, 6.45) is 4.54. The monoisotopic (exact) mass is 349 g/mol. The second-order valence-corrected chi connectivity index (χ2v) is 7.61. The SMILES string of the molecule is C=CC[C@]1(O)[C@H](C)[C@@H](c2ccccc2)N[C@@H](c2ccccc2)[C@@H]1CCC. The molecule has 5 atom stereocenters. The summed E-state index contributed by atoms with van der Waals surface area (Å²) in [6.45, 7) is 8.32. The number of nitrogens with one attached hydrogen (secondary N) is 1. The van der Waals surface area contributed by atoms with Crippen LogP contribution in [0.4, 0.5) is 0 Å². The first-order valence-electron chi connectivity index (χ1n) is 9.81. The maximum absolute atomic E-state index is 11.9. The molecule has 0 radical (unpaired) electrons. The Labute approximate surface area is 158 Å². The highest BCUT2D eigenvalue weighted by atomic mass is 16.3. The highest BCUT2D eigenvalue weighted by Crippen LogP contribution is 2.50. The van der Waals surface area contributed by atoms with Gasteiger partial charge in [0.05, 0.1) is 5.60 Å². The summed E-state index contributed by atoms with van der Waals surface area (Å²) < 4.78 is 0. The predicted octanol–water partition coefficient (Wildman–Crippen LogP) is 5.43. The van der Waals surface area contributed by atoms with Crippen molar-refractivity contribution in [3.63, 3.8) is 0 Å². The molecule has 2 aromatic rings. The molecule has 1 fully saturated rings. The van der Waals surface area contributed by atoms with Crippen molar-refractivity contribution >= 4 is 0 Å². The summed E-state index contributed by atoms with van der Waals surface area (Å²) in [6, 6.07) is 21.3. The van der Waals surface area contributed by atoms with E-state index in [-0.39, 0.29) is 23.9 Å². The van der Waals surface area contributed by atoms with Gasteiger partial charge in [-0.2, -0.15) is 0 Å². The second-order valence-electron chi connectivity index (χ2n) is 7.61. The molecule has 1 heterocycles. The normalized spacial score (nSPS) is 31.5. The summed E-state index contributed by atoms with van der Waals surface area (Å²) in [5.41, 5.74) is 1.71. The lowest BCUT2D eigenvalue weighted by Gasteiger charge is -2.53. The van der Waals surface area contributed by atoms with Crippen molar-refractivity contribution in [3.8, 4) is 0 Å². The van der Waals surface area contributed by atoms with E-state index < -0.39 is 5.60 Å². The zero-order valence-corrected chi connectivity index (χ0v) is 15.9. The molecule has 2 heteroatoms. The maximum atomic E-state index is 11.9. The molecule has 26 heavy (non-hydrogen) atoms. The standard InChI is InChI=1S/C24H31NO/c1-4-12-21-23(20-15-10-7-11-16-20)25-22(19-13-8-6-9-14-19)18(3)24(21,26)17-5-2/h5-11,13-16,18,21-23,25-26H,2,4,12,17H2,1,3H3/t18-,21+,22+,23+,24+/m1/s1. The topological polar surface area (TPSA) is 32.3 Å². The molecule has 0 aromatic heterocycles. The Balaban J connectivity index is 2.07. The van der Waals surface area contributed by atoms with Crippen LogP contribution in [0.15, 0.2) is 73.3 Å². The minimum absolute atomic E-state index is 0.0967. The van der Waals surface area contributed by atoms with Crippen LogP contribution >= 0.6 is 0 Å². The third-order valence-electron chi connectivity index (χ3n) is 6.08. The molecule has 0 bridgehead atoms. The summed E-state index contributed by atoms with van der Waals surface area (Å²) in [7, 11) is 0. The van der Waals surface area contributed by atoms with Crippen LogP contribution in [0.3, 0.4) is 0 Å². The van der Waals surface area contributed by atoms with Gasteiger partial charge in [0, 0.05) is 23.9 Å². The average molecular weight is 350 g/mol. The van der Waals surface area contributed by atoms with Crippen LogP contribution in [-0.2, 0) is 0 Å². The average Bonchev–Trinajstić information content (AvgIpc) is 2.68. The second kappa shape index (κ2) is 8.20. The lowest BCUT2D eigenvalue weighted by Crippen LogP contribution is -2.58. The fourth-order valence-corrected chi connectivity index (χ4v) is 4.70. The molecule has 1 aliphatic rings. The first-order chi connectivity index (χ1) is 12.6. The van der Waals surface area contributed by atoms with Gasteiger partial charge in [-0.1, -0.05) is 87.0 Å². The van der Waals surface area contributed by atoms with Gasteiger partial charge in [-0.05, 0) is 24.0 Å². The molecule has 1 saturated heterocycles. The van der Waals surface area contributed by atoms with Crippen LogP contribution in [0.1, 0.15) is 56.3 Å². The Bertz CT molecular complexity index is 699. The van der Waals surface area contributed by atoms with Crippen LogP contribution in [0.5, 0.6) is 0 Å². The third kappa shape index (κ3) is 3.49. The fraction of sp³-hybridized carbons (Fsp3) is 0.417. The van der Waals surface area contributed by atoms with Gasteiger partial charge in [0.1, 0.15) is 0 Å². The molecule has 1 aliphatic heterocycles. The first kappa shape index (κ1) is 18.9. The Morgan fingerprint density at radius 1 is 1.00 bits per heavy atom. The molecule has 0 aliphatic carbocycles. The van der Waals surface area contributed by atoms with E-state index in [0.29, 0.717) is 6.42 Å². The van der Waals surface area contributed by atoms with Crippen LogP contribution in [-0.4, -0.2) is 10.7 Å². The van der Waals surface area contributed by atoms with Crippen molar-refractivity contribution in [3.05, 3.63) is 84.4 Å². The van der Waals surface area contributed by atoms with E-state index in [4.69, 9.17) is 0 Å². The van der Waals surface area contributed by atoms with Gasteiger partial charge in [0.25, 0.3) is 0 Å². The number of piperidine rings is 1. The number of aliphatic hydroxyl groups is 1. The quantitative estimate of drug-likeness (QED) is 0.681. The van der Waals surface area contributed by atoms with Gasteiger partial charge in [-0.15, -0.1) is 6.58 Å². The largest absolute Gasteiger partial charge is 0.389 e. The summed E-state index contributed by atoms with van der Waals surface area (Å²) in [4.78, 5) is 0. The van der Waals surface area contributed by atoms with E-state index in [2.05, 4.69) is 74.3 Å². The zero-order valence-electron chi connectivity index (χ0n) is 15.9. The molecule has 0 saturated carbocycles. The zero-order chi connectivity index (χ0) is 18.6. The van der Waals surface area contributed by atoms with Crippen molar-refractivity contribution in [2.24, 2.45) is 11.8 Å². The lowest BCUT2D eigenvalue weighted by molar-refractivity contribution is -0.117. The Morgan fingerprint density at radius 3 is 2.04 bits per heavy atom. The van der Waals surface area contributed by atoms with E-state index in [9.17, 15) is 5.11 Å². The van der Waals surface area contributed by atoms with Crippen molar-refractivity contribution in [1.29, 1.82) is 0 Å². The van der Waals surface area contributed by atoms with E-state index in [1.54, 1.807) is 0 Å². The molecular formula is C24H31NO. The van der Waals surface area contributed by atoms with E-state index in [1.807, 2.05) is 18.2 Å². The highest BCUT2D eigenvalue weighted by Gasteiger charge is 2.51. The number of rotatable bonds is 6.